The van der Waals surface area contributed by atoms with Crippen LogP contribution in [0.1, 0.15) is 5.56 Å². The Hall–Kier alpha value is -2.11. The molecule has 6 heteroatoms. The van der Waals surface area contributed by atoms with Gasteiger partial charge >= 0.3 is 6.03 Å². The van der Waals surface area contributed by atoms with Crippen molar-refractivity contribution in [3.05, 3.63) is 33.9 Å². The third-order valence-electron chi connectivity index (χ3n) is 1.83. The zero-order chi connectivity index (χ0) is 11.4. The fourth-order valence-electron chi connectivity index (χ4n) is 1.08. The molecule has 2 amide bonds. The van der Waals surface area contributed by atoms with Crippen molar-refractivity contribution in [1.29, 1.82) is 0 Å². The summed E-state index contributed by atoms with van der Waals surface area (Å²) >= 11 is 0. The summed E-state index contributed by atoms with van der Waals surface area (Å²) in [5.41, 5.74) is 0.840. The molecule has 0 radical (unpaired) electrons. The van der Waals surface area contributed by atoms with E-state index in [0.717, 1.165) is 5.56 Å². The van der Waals surface area contributed by atoms with Crippen molar-refractivity contribution in [3.8, 4) is 0 Å². The van der Waals surface area contributed by atoms with Crippen LogP contribution in [-0.4, -0.2) is 18.0 Å². The number of amides is 2. The Morgan fingerprint density at radius 2 is 2.13 bits per heavy atom. The molecule has 0 aromatic heterocycles. The Morgan fingerprint density at radius 3 is 2.67 bits per heavy atom. The lowest BCUT2D eigenvalue weighted by molar-refractivity contribution is -0.384. The predicted molar refractivity (Wildman–Crippen MR) is 55.9 cm³/mol. The molecule has 1 aromatic rings. The molecule has 6 nitrogen and oxygen atoms in total. The van der Waals surface area contributed by atoms with Crippen molar-refractivity contribution < 1.29 is 9.72 Å². The van der Waals surface area contributed by atoms with Gasteiger partial charge in [-0.25, -0.2) is 4.79 Å². The Balaban J connectivity index is 3.06. The topological polar surface area (TPSA) is 84.3 Å². The average molecular weight is 209 g/mol. The minimum Gasteiger partial charge on any atom is -0.341 e. The van der Waals surface area contributed by atoms with Gasteiger partial charge in [-0.3, -0.25) is 10.1 Å². The molecule has 80 valence electrons. The Bertz CT molecular complexity index is 404. The van der Waals surface area contributed by atoms with E-state index in [0.29, 0.717) is 0 Å². The molecule has 0 saturated carbocycles. The first-order chi connectivity index (χ1) is 7.04. The molecule has 0 spiro atoms. The summed E-state index contributed by atoms with van der Waals surface area (Å²) in [5.74, 6) is 0. The van der Waals surface area contributed by atoms with Crippen LogP contribution in [-0.2, 0) is 0 Å². The highest BCUT2D eigenvalue weighted by molar-refractivity contribution is 5.91. The van der Waals surface area contributed by atoms with Crippen molar-refractivity contribution in [2.24, 2.45) is 0 Å². The van der Waals surface area contributed by atoms with Crippen LogP contribution in [0, 0.1) is 17.0 Å². The SMILES string of the molecule is CNC(=O)Nc1ccc(C)cc1[N+](=O)[O-]. The third kappa shape index (κ3) is 2.67. The molecule has 0 saturated heterocycles. The van der Waals surface area contributed by atoms with Crippen LogP contribution in [0.2, 0.25) is 0 Å². The number of nitrogens with one attached hydrogen (secondary N) is 2. The van der Waals surface area contributed by atoms with E-state index in [2.05, 4.69) is 10.6 Å². The van der Waals surface area contributed by atoms with E-state index in [9.17, 15) is 14.9 Å². The first-order valence-electron chi connectivity index (χ1n) is 4.28. The van der Waals surface area contributed by atoms with Gasteiger partial charge in [0.25, 0.3) is 5.69 Å². The smallest absolute Gasteiger partial charge is 0.319 e. The van der Waals surface area contributed by atoms with Gasteiger partial charge in [-0.1, -0.05) is 6.07 Å². The molecule has 0 heterocycles. The lowest BCUT2D eigenvalue weighted by Crippen LogP contribution is -2.24. The van der Waals surface area contributed by atoms with Crippen LogP contribution in [0.25, 0.3) is 0 Å². The number of urea groups is 1. The van der Waals surface area contributed by atoms with Crippen molar-refractivity contribution in [2.45, 2.75) is 6.92 Å². The largest absolute Gasteiger partial charge is 0.341 e. The summed E-state index contributed by atoms with van der Waals surface area (Å²) in [5, 5.41) is 15.4. The number of anilines is 1. The van der Waals surface area contributed by atoms with Gasteiger partial charge in [0.15, 0.2) is 0 Å². The summed E-state index contributed by atoms with van der Waals surface area (Å²) in [6, 6.07) is 4.12. The van der Waals surface area contributed by atoms with Gasteiger partial charge in [-0.05, 0) is 18.6 Å². The van der Waals surface area contributed by atoms with Crippen LogP contribution in [0.4, 0.5) is 16.2 Å². The first kappa shape index (κ1) is 11.0. The minimum absolute atomic E-state index is 0.112. The molecular weight excluding hydrogens is 198 g/mol. The van der Waals surface area contributed by atoms with E-state index in [1.54, 1.807) is 13.0 Å². The van der Waals surface area contributed by atoms with E-state index in [-0.39, 0.29) is 11.4 Å². The van der Waals surface area contributed by atoms with Crippen molar-refractivity contribution in [1.82, 2.24) is 5.32 Å². The highest BCUT2D eigenvalue weighted by Crippen LogP contribution is 2.24. The standard InChI is InChI=1S/C9H11N3O3/c1-6-3-4-7(11-9(13)10-2)8(5-6)12(14)15/h3-5H,1-2H3,(H2,10,11,13). The van der Waals surface area contributed by atoms with E-state index in [1.807, 2.05) is 0 Å². The van der Waals surface area contributed by atoms with Crippen LogP contribution in [0.5, 0.6) is 0 Å². The van der Waals surface area contributed by atoms with E-state index < -0.39 is 11.0 Å². The van der Waals surface area contributed by atoms with Crippen LogP contribution >= 0.6 is 0 Å². The number of rotatable bonds is 2. The molecule has 15 heavy (non-hydrogen) atoms. The fraction of sp³-hybridized carbons (Fsp3) is 0.222. The summed E-state index contributed by atoms with van der Waals surface area (Å²) in [7, 11) is 1.44. The highest BCUT2D eigenvalue weighted by atomic mass is 16.6. The van der Waals surface area contributed by atoms with Gasteiger partial charge in [0.05, 0.1) is 4.92 Å². The second-order valence-corrected chi connectivity index (χ2v) is 2.98. The van der Waals surface area contributed by atoms with Crippen molar-refractivity contribution >= 4 is 17.4 Å². The minimum atomic E-state index is -0.529. The number of carbonyl (C=O) groups is 1. The molecule has 0 fully saturated rings. The monoisotopic (exact) mass is 209 g/mol. The fourth-order valence-corrected chi connectivity index (χ4v) is 1.08. The zero-order valence-electron chi connectivity index (χ0n) is 8.40. The molecule has 0 bridgehead atoms. The predicted octanol–water partition coefficient (Wildman–Crippen LogP) is 1.65. The molecule has 0 aliphatic heterocycles. The molecule has 1 rings (SSSR count). The van der Waals surface area contributed by atoms with E-state index in [1.165, 1.54) is 19.2 Å². The molecular formula is C9H11N3O3. The van der Waals surface area contributed by atoms with Crippen LogP contribution < -0.4 is 10.6 Å². The number of benzene rings is 1. The summed E-state index contributed by atoms with van der Waals surface area (Å²) in [6.07, 6.45) is 0. The van der Waals surface area contributed by atoms with Crippen molar-refractivity contribution in [2.75, 3.05) is 12.4 Å². The summed E-state index contributed by atoms with van der Waals surface area (Å²) in [6.45, 7) is 1.75. The highest BCUT2D eigenvalue weighted by Gasteiger charge is 2.14. The van der Waals surface area contributed by atoms with Gasteiger partial charge in [0.2, 0.25) is 0 Å². The van der Waals surface area contributed by atoms with Gasteiger partial charge in [0.1, 0.15) is 5.69 Å². The Morgan fingerprint density at radius 1 is 1.47 bits per heavy atom. The van der Waals surface area contributed by atoms with Crippen molar-refractivity contribution in [3.63, 3.8) is 0 Å². The number of aryl methyl sites for hydroxylation is 1. The lowest BCUT2D eigenvalue weighted by atomic mass is 10.2. The molecule has 1 aromatic carbocycles. The van der Waals surface area contributed by atoms with Gasteiger partial charge in [-0.2, -0.15) is 0 Å². The number of nitrogens with zero attached hydrogens (tertiary/aromatic N) is 1. The van der Waals surface area contributed by atoms with Gasteiger partial charge in [-0.15, -0.1) is 0 Å². The number of carbonyl (C=O) groups excluding carboxylic acids is 1. The molecule has 2 N–H and O–H groups in total. The van der Waals surface area contributed by atoms with E-state index in [4.69, 9.17) is 0 Å². The Kier molecular flexibility index (Phi) is 3.22. The first-order valence-corrected chi connectivity index (χ1v) is 4.28. The maximum atomic E-state index is 11.0. The number of nitro groups is 1. The molecule has 0 aliphatic carbocycles. The zero-order valence-corrected chi connectivity index (χ0v) is 8.40. The number of hydrogen-bond acceptors (Lipinski definition) is 3. The average Bonchev–Trinajstić information content (AvgIpc) is 2.20. The lowest BCUT2D eigenvalue weighted by Gasteiger charge is -2.05. The molecule has 0 aliphatic rings. The molecule has 0 atom stereocenters. The van der Waals surface area contributed by atoms with Crippen LogP contribution in [0.3, 0.4) is 0 Å². The number of hydrogen-bond donors (Lipinski definition) is 2. The number of nitro benzene ring substituents is 1. The van der Waals surface area contributed by atoms with Gasteiger partial charge in [0, 0.05) is 13.1 Å². The summed E-state index contributed by atoms with van der Waals surface area (Å²) in [4.78, 5) is 21.1. The maximum absolute atomic E-state index is 11.0. The maximum Gasteiger partial charge on any atom is 0.319 e. The normalized spacial score (nSPS) is 9.47. The van der Waals surface area contributed by atoms with Gasteiger partial charge < -0.3 is 10.6 Å². The van der Waals surface area contributed by atoms with E-state index >= 15 is 0 Å². The Labute approximate surface area is 86.4 Å². The summed E-state index contributed by atoms with van der Waals surface area (Å²) < 4.78 is 0. The third-order valence-corrected chi connectivity index (χ3v) is 1.83. The molecule has 0 unspecified atom stereocenters. The second kappa shape index (κ2) is 4.41. The van der Waals surface area contributed by atoms with Crippen LogP contribution in [0.15, 0.2) is 18.2 Å². The second-order valence-electron chi connectivity index (χ2n) is 2.98. The quantitative estimate of drug-likeness (QED) is 0.573.